The van der Waals surface area contributed by atoms with Crippen LogP contribution in [0.5, 0.6) is 0 Å². The third kappa shape index (κ3) is 3.56. The Kier molecular flexibility index (Phi) is 6.45. The molecule has 0 saturated heterocycles. The van der Waals surface area contributed by atoms with Gasteiger partial charge in [-0.2, -0.15) is 0 Å². The third-order valence-corrected chi connectivity index (χ3v) is 1.98. The van der Waals surface area contributed by atoms with E-state index in [1.165, 1.54) is 12.0 Å². The predicted octanol–water partition coefficient (Wildman–Crippen LogP) is 4.23. The second-order valence-corrected chi connectivity index (χ2v) is 2.72. The van der Waals surface area contributed by atoms with Crippen LogP contribution >= 0.6 is 0 Å². The van der Waals surface area contributed by atoms with Crippen molar-refractivity contribution in [2.75, 3.05) is 0 Å². The molecule has 0 nitrogen and oxygen atoms in total. The Labute approximate surface area is 76.6 Å². The van der Waals surface area contributed by atoms with Crippen molar-refractivity contribution in [3.63, 3.8) is 0 Å². The Morgan fingerprint density at radius 2 is 1.58 bits per heavy atom. The van der Waals surface area contributed by atoms with Gasteiger partial charge in [-0.05, 0) is 17.9 Å². The van der Waals surface area contributed by atoms with Crippen LogP contribution in [0.15, 0.2) is 30.3 Å². The van der Waals surface area contributed by atoms with E-state index >= 15 is 0 Å². The van der Waals surface area contributed by atoms with Gasteiger partial charge in [-0.3, -0.25) is 0 Å². The van der Waals surface area contributed by atoms with Gasteiger partial charge in [0.2, 0.25) is 0 Å². The molecule has 1 unspecified atom stereocenters. The van der Waals surface area contributed by atoms with E-state index in [-0.39, 0.29) is 0 Å². The summed E-state index contributed by atoms with van der Waals surface area (Å²) in [4.78, 5) is 0. The maximum absolute atomic E-state index is 2.26. The number of benzene rings is 1. The third-order valence-electron chi connectivity index (χ3n) is 1.98. The molecule has 0 radical (unpaired) electrons. The van der Waals surface area contributed by atoms with Crippen molar-refractivity contribution in [2.24, 2.45) is 0 Å². The summed E-state index contributed by atoms with van der Waals surface area (Å²) in [5.41, 5.74) is 1.45. The second kappa shape index (κ2) is 6.90. The molecule has 0 spiro atoms. The average Bonchev–Trinajstić information content (AvgIpc) is 2.21. The summed E-state index contributed by atoms with van der Waals surface area (Å²) in [7, 11) is 0. The fraction of sp³-hybridized carbons (Fsp3) is 0.500. The molecule has 1 aromatic rings. The summed E-state index contributed by atoms with van der Waals surface area (Å²) in [5, 5.41) is 0. The first-order valence-corrected chi connectivity index (χ1v) is 4.89. The molecule has 0 saturated carbocycles. The van der Waals surface area contributed by atoms with Crippen LogP contribution in [0.4, 0.5) is 0 Å². The van der Waals surface area contributed by atoms with Gasteiger partial charge in [-0.15, -0.1) is 0 Å². The highest BCUT2D eigenvalue weighted by atomic mass is 14.0. The molecule has 0 aliphatic rings. The van der Waals surface area contributed by atoms with E-state index in [0.717, 1.165) is 0 Å². The standard InChI is InChI=1S/C10H14.C2H6/c1-3-9(2)10-7-5-4-6-8-10;1-2/h4-9H,3H2,1-2H3;1-2H3. The first-order valence-electron chi connectivity index (χ1n) is 4.89. The Bertz CT molecular complexity index is 176. The monoisotopic (exact) mass is 164 g/mol. The van der Waals surface area contributed by atoms with Crippen LogP contribution in [0.25, 0.3) is 0 Å². The lowest BCUT2D eigenvalue weighted by atomic mass is 9.99. The zero-order chi connectivity index (χ0) is 9.40. The second-order valence-electron chi connectivity index (χ2n) is 2.72. The highest BCUT2D eigenvalue weighted by Crippen LogP contribution is 2.16. The van der Waals surface area contributed by atoms with Gasteiger partial charge in [0.15, 0.2) is 0 Å². The predicted molar refractivity (Wildman–Crippen MR) is 56.5 cm³/mol. The molecule has 0 bridgehead atoms. The quantitative estimate of drug-likeness (QED) is 0.613. The van der Waals surface area contributed by atoms with Crippen molar-refractivity contribution < 1.29 is 0 Å². The Balaban J connectivity index is 0.000000561. The molecule has 0 aliphatic carbocycles. The number of hydrogen-bond acceptors (Lipinski definition) is 0. The molecular formula is C12H20. The van der Waals surface area contributed by atoms with Crippen LogP contribution in [-0.2, 0) is 0 Å². The van der Waals surface area contributed by atoms with Gasteiger partial charge in [0.25, 0.3) is 0 Å². The van der Waals surface area contributed by atoms with Gasteiger partial charge in [-0.1, -0.05) is 58.0 Å². The lowest BCUT2D eigenvalue weighted by Crippen LogP contribution is -1.88. The zero-order valence-corrected chi connectivity index (χ0v) is 8.67. The van der Waals surface area contributed by atoms with E-state index in [0.29, 0.717) is 5.92 Å². The van der Waals surface area contributed by atoms with Gasteiger partial charge in [0.1, 0.15) is 0 Å². The van der Waals surface area contributed by atoms with Crippen molar-refractivity contribution in [3.05, 3.63) is 35.9 Å². The maximum atomic E-state index is 2.26. The average molecular weight is 164 g/mol. The van der Waals surface area contributed by atoms with Crippen molar-refractivity contribution in [2.45, 2.75) is 40.0 Å². The normalized spacial score (nSPS) is 11.3. The first-order chi connectivity index (χ1) is 5.84. The minimum absolute atomic E-state index is 0.709. The molecule has 68 valence electrons. The lowest BCUT2D eigenvalue weighted by molar-refractivity contribution is 0.733. The fourth-order valence-electron chi connectivity index (χ4n) is 1.02. The van der Waals surface area contributed by atoms with E-state index in [9.17, 15) is 0 Å². The molecule has 0 heterocycles. The molecule has 0 aliphatic heterocycles. The van der Waals surface area contributed by atoms with Crippen LogP contribution in [-0.4, -0.2) is 0 Å². The van der Waals surface area contributed by atoms with Crippen LogP contribution in [0.2, 0.25) is 0 Å². The summed E-state index contributed by atoms with van der Waals surface area (Å²) in [6.07, 6.45) is 1.23. The maximum Gasteiger partial charge on any atom is -0.0193 e. The largest absolute Gasteiger partial charge is 0.0683 e. The molecule has 1 atom stereocenters. The van der Waals surface area contributed by atoms with Crippen molar-refractivity contribution in [3.8, 4) is 0 Å². The molecule has 1 aromatic carbocycles. The summed E-state index contributed by atoms with van der Waals surface area (Å²) in [6, 6.07) is 10.6. The van der Waals surface area contributed by atoms with Gasteiger partial charge in [0, 0.05) is 0 Å². The van der Waals surface area contributed by atoms with Crippen LogP contribution in [0, 0.1) is 0 Å². The molecule has 0 fully saturated rings. The van der Waals surface area contributed by atoms with E-state index in [4.69, 9.17) is 0 Å². The van der Waals surface area contributed by atoms with Crippen molar-refractivity contribution in [1.82, 2.24) is 0 Å². The van der Waals surface area contributed by atoms with Crippen LogP contribution in [0.3, 0.4) is 0 Å². The number of rotatable bonds is 2. The molecular weight excluding hydrogens is 144 g/mol. The van der Waals surface area contributed by atoms with E-state index in [1.54, 1.807) is 0 Å². The van der Waals surface area contributed by atoms with Gasteiger partial charge in [-0.25, -0.2) is 0 Å². The molecule has 0 aromatic heterocycles. The smallest absolute Gasteiger partial charge is 0.0193 e. The summed E-state index contributed by atoms with van der Waals surface area (Å²) >= 11 is 0. The van der Waals surface area contributed by atoms with Gasteiger partial charge in [0.05, 0.1) is 0 Å². The summed E-state index contributed by atoms with van der Waals surface area (Å²) in [5.74, 6) is 0.709. The van der Waals surface area contributed by atoms with Crippen LogP contribution < -0.4 is 0 Å². The topological polar surface area (TPSA) is 0 Å². The Hall–Kier alpha value is -0.780. The zero-order valence-electron chi connectivity index (χ0n) is 8.67. The van der Waals surface area contributed by atoms with E-state index in [2.05, 4.69) is 44.2 Å². The number of hydrogen-bond donors (Lipinski definition) is 0. The van der Waals surface area contributed by atoms with Crippen LogP contribution in [0.1, 0.15) is 45.6 Å². The highest BCUT2D eigenvalue weighted by Gasteiger charge is 1.98. The minimum Gasteiger partial charge on any atom is -0.0683 e. The Morgan fingerprint density at radius 3 is 2.00 bits per heavy atom. The van der Waals surface area contributed by atoms with E-state index < -0.39 is 0 Å². The summed E-state index contributed by atoms with van der Waals surface area (Å²) in [6.45, 7) is 8.48. The fourth-order valence-corrected chi connectivity index (χ4v) is 1.02. The Morgan fingerprint density at radius 1 is 1.08 bits per heavy atom. The van der Waals surface area contributed by atoms with E-state index in [1.807, 2.05) is 13.8 Å². The SMILES string of the molecule is CC.CCC(C)c1ccccc1. The highest BCUT2D eigenvalue weighted by molar-refractivity contribution is 5.18. The molecule has 0 heteroatoms. The minimum atomic E-state index is 0.709. The molecule has 1 rings (SSSR count). The van der Waals surface area contributed by atoms with Crippen molar-refractivity contribution in [1.29, 1.82) is 0 Å². The van der Waals surface area contributed by atoms with Crippen molar-refractivity contribution >= 4 is 0 Å². The first kappa shape index (κ1) is 11.2. The van der Waals surface area contributed by atoms with Gasteiger partial charge >= 0.3 is 0 Å². The summed E-state index contributed by atoms with van der Waals surface area (Å²) < 4.78 is 0. The molecule has 12 heavy (non-hydrogen) atoms. The molecule has 0 N–H and O–H groups in total. The lowest BCUT2D eigenvalue weighted by Gasteiger charge is -2.06. The molecule has 0 amide bonds. The van der Waals surface area contributed by atoms with Gasteiger partial charge < -0.3 is 0 Å².